The average molecular weight is 409 g/mol. The number of hydrogen-bond donors (Lipinski definition) is 0. The second-order valence-electron chi connectivity index (χ2n) is 6.41. The molecule has 1 heterocycles. The maximum Gasteiger partial charge on any atom is 0.338 e. The molecule has 154 valence electrons. The van der Waals surface area contributed by atoms with E-state index in [2.05, 4.69) is 0 Å². The van der Waals surface area contributed by atoms with Crippen molar-refractivity contribution < 1.29 is 19.4 Å². The number of nitrogens with zero attached hydrogens (tertiary/aromatic N) is 3. The van der Waals surface area contributed by atoms with E-state index in [4.69, 9.17) is 4.74 Å². The number of allylic oxidation sites excluding steroid dienone is 2. The van der Waals surface area contributed by atoms with Crippen molar-refractivity contribution in [2.45, 2.75) is 13.8 Å². The quantitative estimate of drug-likeness (QED) is 0.390. The van der Waals surface area contributed by atoms with Crippen LogP contribution in [0, 0.1) is 20.2 Å². The van der Waals surface area contributed by atoms with Crippen LogP contribution in [-0.4, -0.2) is 29.0 Å². The fraction of sp³-hybridized carbons (Fsp3) is 0.190. The molecule has 0 saturated carbocycles. The smallest absolute Gasteiger partial charge is 0.338 e. The van der Waals surface area contributed by atoms with Crippen molar-refractivity contribution in [2.75, 3.05) is 18.1 Å². The summed E-state index contributed by atoms with van der Waals surface area (Å²) in [7, 11) is 0. The highest BCUT2D eigenvalue weighted by Gasteiger charge is 2.22. The Hall–Kier alpha value is -4.01. The first kappa shape index (κ1) is 20.7. The molecule has 9 heteroatoms. The second kappa shape index (κ2) is 8.56. The zero-order chi connectivity index (χ0) is 21.8. The SMILES string of the molecule is CCOC(=O)c1ccc2c(c1)/C(=C\c1ccc([N+](=O)[O-])cc1[N+](=O)[O-])C=CN2CC. The molecule has 0 amide bonds. The number of carbonyl (C=O) groups excluding carboxylic acids is 1. The van der Waals surface area contributed by atoms with Gasteiger partial charge in [0.25, 0.3) is 11.4 Å². The van der Waals surface area contributed by atoms with Gasteiger partial charge in [0.05, 0.1) is 33.6 Å². The number of nitro benzene ring substituents is 2. The highest BCUT2D eigenvalue weighted by atomic mass is 16.6. The summed E-state index contributed by atoms with van der Waals surface area (Å²) in [5, 5.41) is 22.4. The number of anilines is 1. The van der Waals surface area contributed by atoms with Gasteiger partial charge in [0.2, 0.25) is 0 Å². The summed E-state index contributed by atoms with van der Waals surface area (Å²) in [6.07, 6.45) is 5.21. The predicted octanol–water partition coefficient (Wildman–Crippen LogP) is 4.57. The molecule has 0 unspecified atom stereocenters. The van der Waals surface area contributed by atoms with E-state index in [0.717, 1.165) is 11.8 Å². The van der Waals surface area contributed by atoms with Crippen molar-refractivity contribution in [2.24, 2.45) is 0 Å². The van der Waals surface area contributed by atoms with E-state index in [1.165, 1.54) is 12.1 Å². The molecule has 0 atom stereocenters. The van der Waals surface area contributed by atoms with Crippen molar-refractivity contribution in [1.29, 1.82) is 0 Å². The Bertz CT molecular complexity index is 1090. The topological polar surface area (TPSA) is 116 Å². The Labute approximate surface area is 172 Å². The fourth-order valence-electron chi connectivity index (χ4n) is 3.19. The van der Waals surface area contributed by atoms with E-state index >= 15 is 0 Å². The molecular weight excluding hydrogens is 390 g/mol. The lowest BCUT2D eigenvalue weighted by Crippen LogP contribution is -2.19. The monoisotopic (exact) mass is 409 g/mol. The van der Waals surface area contributed by atoms with Crippen molar-refractivity contribution in [3.05, 3.63) is 85.6 Å². The summed E-state index contributed by atoms with van der Waals surface area (Å²) in [6.45, 7) is 4.63. The minimum absolute atomic E-state index is 0.225. The van der Waals surface area contributed by atoms with Gasteiger partial charge in [-0.2, -0.15) is 0 Å². The summed E-state index contributed by atoms with van der Waals surface area (Å²) in [5.41, 5.74) is 2.05. The maximum atomic E-state index is 12.2. The van der Waals surface area contributed by atoms with E-state index < -0.39 is 15.8 Å². The number of esters is 1. The zero-order valence-electron chi connectivity index (χ0n) is 16.4. The van der Waals surface area contributed by atoms with Crippen molar-refractivity contribution >= 4 is 34.7 Å². The molecule has 0 N–H and O–H groups in total. The van der Waals surface area contributed by atoms with Crippen LogP contribution in [0.15, 0.2) is 48.7 Å². The number of carbonyl (C=O) groups is 1. The number of ether oxygens (including phenoxy) is 1. The molecule has 0 saturated heterocycles. The molecule has 2 aromatic carbocycles. The van der Waals surface area contributed by atoms with E-state index in [1.807, 2.05) is 18.0 Å². The zero-order valence-corrected chi connectivity index (χ0v) is 16.4. The van der Waals surface area contributed by atoms with Gasteiger partial charge in [0.15, 0.2) is 0 Å². The van der Waals surface area contributed by atoms with Crippen LogP contribution in [0.1, 0.15) is 35.3 Å². The second-order valence-corrected chi connectivity index (χ2v) is 6.41. The van der Waals surface area contributed by atoms with E-state index in [0.29, 0.717) is 23.2 Å². The van der Waals surface area contributed by atoms with Crippen LogP contribution in [0.3, 0.4) is 0 Å². The lowest BCUT2D eigenvalue weighted by atomic mass is 9.95. The summed E-state index contributed by atoms with van der Waals surface area (Å²) in [5.74, 6) is -0.460. The van der Waals surface area contributed by atoms with Crippen molar-refractivity contribution in [3.8, 4) is 0 Å². The summed E-state index contributed by atoms with van der Waals surface area (Å²) in [6, 6.07) is 8.66. The molecule has 0 bridgehead atoms. The molecule has 1 aliphatic heterocycles. The van der Waals surface area contributed by atoms with Crippen LogP contribution in [0.4, 0.5) is 17.1 Å². The van der Waals surface area contributed by atoms with E-state index in [1.54, 1.807) is 37.3 Å². The number of hydrogen-bond acceptors (Lipinski definition) is 7. The Morgan fingerprint density at radius 1 is 1.10 bits per heavy atom. The Morgan fingerprint density at radius 2 is 1.87 bits per heavy atom. The lowest BCUT2D eigenvalue weighted by Gasteiger charge is -2.27. The first-order valence-corrected chi connectivity index (χ1v) is 9.26. The highest BCUT2D eigenvalue weighted by molar-refractivity contribution is 5.99. The largest absolute Gasteiger partial charge is 0.462 e. The van der Waals surface area contributed by atoms with Crippen LogP contribution in [-0.2, 0) is 4.74 Å². The third-order valence-electron chi connectivity index (χ3n) is 4.64. The molecule has 0 radical (unpaired) electrons. The third-order valence-corrected chi connectivity index (χ3v) is 4.64. The number of rotatable bonds is 6. The predicted molar refractivity (Wildman–Crippen MR) is 112 cm³/mol. The Morgan fingerprint density at radius 3 is 2.50 bits per heavy atom. The first-order chi connectivity index (χ1) is 14.3. The lowest BCUT2D eigenvalue weighted by molar-refractivity contribution is -0.394. The molecule has 1 aliphatic rings. The number of benzene rings is 2. The number of fused-ring (bicyclic) bond motifs is 1. The average Bonchev–Trinajstić information content (AvgIpc) is 2.73. The highest BCUT2D eigenvalue weighted by Crippen LogP contribution is 2.36. The van der Waals surface area contributed by atoms with Gasteiger partial charge in [-0.15, -0.1) is 0 Å². The molecule has 0 aromatic heterocycles. The minimum atomic E-state index is -0.676. The molecule has 30 heavy (non-hydrogen) atoms. The van der Waals surface area contributed by atoms with Crippen LogP contribution in [0.25, 0.3) is 11.6 Å². The maximum absolute atomic E-state index is 12.2. The van der Waals surface area contributed by atoms with Gasteiger partial charge in [-0.25, -0.2) is 4.79 Å². The molecule has 0 aliphatic carbocycles. The van der Waals surface area contributed by atoms with Crippen molar-refractivity contribution in [1.82, 2.24) is 0 Å². The molecule has 0 fully saturated rings. The van der Waals surface area contributed by atoms with Crippen LogP contribution in [0.5, 0.6) is 0 Å². The van der Waals surface area contributed by atoms with Gasteiger partial charge in [-0.1, -0.05) is 0 Å². The van der Waals surface area contributed by atoms with Gasteiger partial charge in [-0.05, 0) is 55.8 Å². The van der Waals surface area contributed by atoms with E-state index in [-0.39, 0.29) is 23.5 Å². The van der Waals surface area contributed by atoms with Gasteiger partial charge in [0.1, 0.15) is 0 Å². The standard InChI is InChI=1S/C21H19N3O6/c1-3-22-10-9-14(18-12-16(6-8-19(18)22)21(25)30-4-2)11-15-5-7-17(23(26)27)13-20(15)24(28)29/h5-13H,3-4H2,1-2H3/b14-11-. The van der Waals surface area contributed by atoms with Gasteiger partial charge >= 0.3 is 5.97 Å². The molecular formula is C21H19N3O6. The number of nitro groups is 2. The minimum Gasteiger partial charge on any atom is -0.462 e. The fourth-order valence-corrected chi connectivity index (χ4v) is 3.19. The van der Waals surface area contributed by atoms with Crippen LogP contribution >= 0.6 is 0 Å². The summed E-state index contributed by atoms with van der Waals surface area (Å²) in [4.78, 5) is 35.2. The van der Waals surface area contributed by atoms with Crippen LogP contribution in [0.2, 0.25) is 0 Å². The molecule has 9 nitrogen and oxygen atoms in total. The number of non-ortho nitro benzene ring substituents is 1. The summed E-state index contributed by atoms with van der Waals surface area (Å²) < 4.78 is 5.07. The Kier molecular flexibility index (Phi) is 5.91. The summed E-state index contributed by atoms with van der Waals surface area (Å²) >= 11 is 0. The molecule has 0 spiro atoms. The normalized spacial score (nSPS) is 13.8. The van der Waals surface area contributed by atoms with Crippen molar-refractivity contribution in [3.63, 3.8) is 0 Å². The molecule has 3 rings (SSSR count). The van der Waals surface area contributed by atoms with Gasteiger partial charge in [0, 0.05) is 30.1 Å². The van der Waals surface area contributed by atoms with Gasteiger partial charge in [-0.3, -0.25) is 20.2 Å². The van der Waals surface area contributed by atoms with E-state index in [9.17, 15) is 25.0 Å². The molecule has 2 aromatic rings. The van der Waals surface area contributed by atoms with Crippen LogP contribution < -0.4 is 4.90 Å². The third kappa shape index (κ3) is 4.04. The van der Waals surface area contributed by atoms with Gasteiger partial charge < -0.3 is 9.64 Å². The first-order valence-electron chi connectivity index (χ1n) is 9.26. The Balaban J connectivity index is 2.15.